The Morgan fingerprint density at radius 1 is 1.06 bits per heavy atom. The monoisotopic (exact) mass is 250 g/mol. The highest BCUT2D eigenvalue weighted by atomic mass is 32.3. The van der Waals surface area contributed by atoms with Gasteiger partial charge in [-0.25, -0.2) is 4.18 Å². The number of para-hydroxylation sites is 1. The van der Waals surface area contributed by atoms with Crippen LogP contribution in [0.5, 0.6) is 5.75 Å². The van der Waals surface area contributed by atoms with Gasteiger partial charge in [-0.05, 0) is 32.9 Å². The summed E-state index contributed by atoms with van der Waals surface area (Å²) in [5, 5.41) is 0. The third-order valence-corrected chi connectivity index (χ3v) is 2.39. The lowest BCUT2D eigenvalue weighted by Crippen LogP contribution is -2.27. The van der Waals surface area contributed by atoms with Crippen molar-refractivity contribution in [2.75, 3.05) is 0 Å². The molecule has 16 heavy (non-hydrogen) atoms. The second kappa shape index (κ2) is 5.27. The quantitative estimate of drug-likeness (QED) is 0.825. The smallest absolute Gasteiger partial charge is 0.362 e. The van der Waals surface area contributed by atoms with Gasteiger partial charge < -0.3 is 4.18 Å². The maximum atomic E-state index is 11.4. The third kappa shape index (κ3) is 5.67. The molecular formula is C10H15FO4S. The maximum absolute atomic E-state index is 11.4. The van der Waals surface area contributed by atoms with E-state index in [1.807, 2.05) is 0 Å². The predicted molar refractivity (Wildman–Crippen MR) is 59.3 cm³/mol. The Hall–Kier alpha value is -1.14. The second-order valence-electron chi connectivity index (χ2n) is 4.00. The van der Waals surface area contributed by atoms with Crippen molar-refractivity contribution in [1.29, 1.82) is 0 Å². The molecule has 92 valence electrons. The van der Waals surface area contributed by atoms with Crippen LogP contribution >= 0.6 is 0 Å². The molecule has 0 aromatic heterocycles. The average Bonchev–Trinajstić information content (AvgIpc) is 1.99. The van der Waals surface area contributed by atoms with Gasteiger partial charge in [0.1, 0.15) is 5.75 Å². The van der Waals surface area contributed by atoms with Gasteiger partial charge in [0.05, 0.1) is 5.60 Å². The zero-order chi connectivity index (χ0) is 11.5. The largest absolute Gasteiger partial charge is 0.449 e. The van der Waals surface area contributed by atoms with Crippen LogP contribution in [0, 0.1) is 0 Å². The summed E-state index contributed by atoms with van der Waals surface area (Å²) in [6, 6.07) is 8.22. The summed E-state index contributed by atoms with van der Waals surface area (Å²) in [6.45, 7) is 4.91. The zero-order valence-electron chi connectivity index (χ0n) is 9.34. The Morgan fingerprint density at radius 3 is 2.00 bits per heavy atom. The van der Waals surface area contributed by atoms with E-state index in [1.54, 1.807) is 51.1 Å². The molecule has 0 aliphatic heterocycles. The molecular weight excluding hydrogens is 235 g/mol. The van der Waals surface area contributed by atoms with E-state index in [0.717, 1.165) is 0 Å². The standard InChI is InChI=1S/C10H14O4S.FH/c1-10(2,3)14-15(11,12)13-9-7-5-4-6-8-9;/h4-8H,1-3H3;1H. The first-order chi connectivity index (χ1) is 6.79. The number of rotatable bonds is 3. The molecule has 0 N–H and O–H groups in total. The van der Waals surface area contributed by atoms with Crippen LogP contribution in [0.2, 0.25) is 0 Å². The van der Waals surface area contributed by atoms with Gasteiger partial charge in [-0.15, -0.1) is 0 Å². The minimum absolute atomic E-state index is 0. The molecule has 0 saturated heterocycles. The molecule has 0 amide bonds. The van der Waals surface area contributed by atoms with Crippen LogP contribution in [0.3, 0.4) is 0 Å². The van der Waals surface area contributed by atoms with Crippen LogP contribution in [0.15, 0.2) is 30.3 Å². The van der Waals surface area contributed by atoms with Crippen molar-refractivity contribution in [1.82, 2.24) is 0 Å². The van der Waals surface area contributed by atoms with E-state index in [4.69, 9.17) is 8.37 Å². The summed E-state index contributed by atoms with van der Waals surface area (Å²) >= 11 is 0. The molecule has 0 aliphatic carbocycles. The van der Waals surface area contributed by atoms with Crippen molar-refractivity contribution in [3.05, 3.63) is 30.3 Å². The molecule has 0 radical (unpaired) electrons. The fourth-order valence-electron chi connectivity index (χ4n) is 0.917. The molecule has 0 heterocycles. The Bertz CT molecular complexity index is 408. The first kappa shape index (κ1) is 14.9. The van der Waals surface area contributed by atoms with E-state index in [2.05, 4.69) is 0 Å². The summed E-state index contributed by atoms with van der Waals surface area (Å²) in [5.41, 5.74) is -0.798. The molecule has 0 saturated carbocycles. The van der Waals surface area contributed by atoms with Crippen LogP contribution in [0.4, 0.5) is 4.70 Å². The van der Waals surface area contributed by atoms with Gasteiger partial charge >= 0.3 is 10.4 Å². The van der Waals surface area contributed by atoms with E-state index < -0.39 is 16.0 Å². The first-order valence-corrected chi connectivity index (χ1v) is 5.82. The molecule has 0 atom stereocenters. The Kier molecular flexibility index (Phi) is 4.89. The average molecular weight is 250 g/mol. The predicted octanol–water partition coefficient (Wildman–Crippen LogP) is 2.28. The van der Waals surface area contributed by atoms with Gasteiger partial charge in [0.25, 0.3) is 0 Å². The number of benzene rings is 1. The number of halogens is 1. The molecule has 1 rings (SSSR count). The van der Waals surface area contributed by atoms with Crippen molar-refractivity contribution in [3.63, 3.8) is 0 Å². The van der Waals surface area contributed by atoms with Gasteiger partial charge in [0.2, 0.25) is 0 Å². The highest BCUT2D eigenvalue weighted by Crippen LogP contribution is 2.17. The van der Waals surface area contributed by atoms with Crippen LogP contribution < -0.4 is 4.18 Å². The Balaban J connectivity index is 0.00000225. The van der Waals surface area contributed by atoms with Crippen LogP contribution in [0.1, 0.15) is 20.8 Å². The molecule has 0 spiro atoms. The van der Waals surface area contributed by atoms with E-state index in [1.165, 1.54) is 0 Å². The van der Waals surface area contributed by atoms with Crippen molar-refractivity contribution in [3.8, 4) is 5.75 Å². The summed E-state index contributed by atoms with van der Waals surface area (Å²) in [6.07, 6.45) is 0. The fraction of sp³-hybridized carbons (Fsp3) is 0.400. The lowest BCUT2D eigenvalue weighted by Gasteiger charge is -2.18. The van der Waals surface area contributed by atoms with Crippen LogP contribution in [0.25, 0.3) is 0 Å². The Labute approximate surface area is 94.9 Å². The molecule has 0 fully saturated rings. The molecule has 4 nitrogen and oxygen atoms in total. The summed E-state index contributed by atoms with van der Waals surface area (Å²) in [4.78, 5) is 0. The SMILES string of the molecule is CC(C)(C)OS(=O)(=O)Oc1ccccc1.F. The third-order valence-electron chi connectivity index (χ3n) is 1.29. The molecule has 0 aliphatic rings. The normalized spacial score (nSPS) is 11.7. The molecule has 1 aromatic rings. The van der Waals surface area contributed by atoms with Gasteiger partial charge in [-0.3, -0.25) is 4.70 Å². The summed E-state index contributed by atoms with van der Waals surface area (Å²) < 4.78 is 32.2. The van der Waals surface area contributed by atoms with E-state index in [-0.39, 0.29) is 10.5 Å². The van der Waals surface area contributed by atoms with E-state index in [0.29, 0.717) is 0 Å². The fourth-order valence-corrected chi connectivity index (χ4v) is 1.91. The van der Waals surface area contributed by atoms with Gasteiger partial charge in [-0.2, -0.15) is 8.42 Å². The molecule has 0 unspecified atom stereocenters. The van der Waals surface area contributed by atoms with Crippen LogP contribution in [-0.2, 0) is 14.6 Å². The van der Waals surface area contributed by atoms with Crippen LogP contribution in [-0.4, -0.2) is 14.0 Å². The topological polar surface area (TPSA) is 52.6 Å². The van der Waals surface area contributed by atoms with E-state index >= 15 is 0 Å². The molecule has 0 bridgehead atoms. The highest BCUT2D eigenvalue weighted by Gasteiger charge is 2.23. The lowest BCUT2D eigenvalue weighted by atomic mass is 10.2. The maximum Gasteiger partial charge on any atom is 0.449 e. The van der Waals surface area contributed by atoms with E-state index in [9.17, 15) is 8.42 Å². The molecule has 6 heteroatoms. The number of hydrogen-bond acceptors (Lipinski definition) is 4. The Morgan fingerprint density at radius 2 is 1.56 bits per heavy atom. The van der Waals surface area contributed by atoms with Crippen molar-refractivity contribution >= 4 is 10.4 Å². The highest BCUT2D eigenvalue weighted by molar-refractivity contribution is 7.82. The van der Waals surface area contributed by atoms with Crippen molar-refractivity contribution in [2.45, 2.75) is 26.4 Å². The summed E-state index contributed by atoms with van der Waals surface area (Å²) in [5.74, 6) is 0.238. The van der Waals surface area contributed by atoms with Crippen molar-refractivity contribution < 1.29 is 21.5 Å². The molecule has 1 aromatic carbocycles. The first-order valence-electron chi connectivity index (χ1n) is 4.49. The second-order valence-corrected chi connectivity index (χ2v) is 5.15. The lowest BCUT2D eigenvalue weighted by molar-refractivity contribution is 0.121. The van der Waals surface area contributed by atoms with Gasteiger partial charge in [0.15, 0.2) is 0 Å². The van der Waals surface area contributed by atoms with Gasteiger partial charge in [-0.1, -0.05) is 18.2 Å². The minimum atomic E-state index is -3.99. The van der Waals surface area contributed by atoms with Gasteiger partial charge in [0, 0.05) is 0 Å². The zero-order valence-corrected chi connectivity index (χ0v) is 10.2. The number of hydrogen-bond donors (Lipinski definition) is 0. The minimum Gasteiger partial charge on any atom is -0.362 e. The summed E-state index contributed by atoms with van der Waals surface area (Å²) in [7, 11) is -3.99. The van der Waals surface area contributed by atoms with Crippen molar-refractivity contribution in [2.24, 2.45) is 0 Å².